The van der Waals surface area contributed by atoms with Crippen molar-refractivity contribution in [1.82, 2.24) is 10.2 Å². The summed E-state index contributed by atoms with van der Waals surface area (Å²) in [5, 5.41) is 6.27. The highest BCUT2D eigenvalue weighted by atomic mass is 35.5. The fraction of sp³-hybridized carbons (Fsp3) is 0.316. The minimum atomic E-state index is -0.132. The SMILES string of the molecule is CC(C(=O)Nc1ccc(Oc2ccccc2)cc1)N1CCNCC1.Cl.Cl. The molecule has 3 rings (SSSR count). The molecule has 5 nitrogen and oxygen atoms in total. The number of rotatable bonds is 5. The van der Waals surface area contributed by atoms with E-state index in [-0.39, 0.29) is 36.8 Å². The molecule has 1 fully saturated rings. The average Bonchev–Trinajstić information content (AvgIpc) is 2.64. The van der Waals surface area contributed by atoms with E-state index in [0.717, 1.165) is 43.4 Å². The number of benzene rings is 2. The molecule has 1 atom stereocenters. The van der Waals surface area contributed by atoms with Crippen molar-refractivity contribution in [3.05, 3.63) is 54.6 Å². The average molecular weight is 398 g/mol. The zero-order chi connectivity index (χ0) is 16.8. The molecule has 0 saturated carbocycles. The number of halogens is 2. The number of anilines is 1. The van der Waals surface area contributed by atoms with Crippen LogP contribution in [0.2, 0.25) is 0 Å². The number of amides is 1. The van der Waals surface area contributed by atoms with Crippen LogP contribution in [0.4, 0.5) is 5.69 Å². The molecule has 0 spiro atoms. The standard InChI is InChI=1S/C19H23N3O2.2ClH/c1-15(22-13-11-20-12-14-22)19(23)21-16-7-9-18(10-8-16)24-17-5-3-2-4-6-17;;/h2-10,15,20H,11-14H2,1H3,(H,21,23);2*1H. The van der Waals surface area contributed by atoms with Crippen LogP contribution in [0.3, 0.4) is 0 Å². The molecule has 1 aliphatic rings. The van der Waals surface area contributed by atoms with Gasteiger partial charge in [0.1, 0.15) is 11.5 Å². The number of carbonyl (C=O) groups excluding carboxylic acids is 1. The fourth-order valence-corrected chi connectivity index (χ4v) is 2.71. The maximum Gasteiger partial charge on any atom is 0.241 e. The van der Waals surface area contributed by atoms with E-state index in [0.29, 0.717) is 0 Å². The molecule has 0 radical (unpaired) electrons. The molecular weight excluding hydrogens is 373 g/mol. The maximum absolute atomic E-state index is 12.4. The van der Waals surface area contributed by atoms with Gasteiger partial charge in [0.25, 0.3) is 0 Å². The lowest BCUT2D eigenvalue weighted by Crippen LogP contribution is -2.51. The number of hydrogen-bond donors (Lipinski definition) is 2. The molecular formula is C19H25Cl2N3O2. The van der Waals surface area contributed by atoms with Gasteiger partial charge < -0.3 is 15.4 Å². The monoisotopic (exact) mass is 397 g/mol. The number of para-hydroxylation sites is 1. The summed E-state index contributed by atoms with van der Waals surface area (Å²) in [6, 6.07) is 16.9. The molecule has 0 aliphatic carbocycles. The summed E-state index contributed by atoms with van der Waals surface area (Å²) >= 11 is 0. The third kappa shape index (κ3) is 6.18. The van der Waals surface area contributed by atoms with Crippen molar-refractivity contribution in [1.29, 1.82) is 0 Å². The second kappa shape index (κ2) is 11.0. The highest BCUT2D eigenvalue weighted by molar-refractivity contribution is 5.94. The number of nitrogens with zero attached hydrogens (tertiary/aromatic N) is 1. The van der Waals surface area contributed by atoms with Gasteiger partial charge in [-0.1, -0.05) is 18.2 Å². The number of hydrogen-bond acceptors (Lipinski definition) is 4. The van der Waals surface area contributed by atoms with Crippen molar-refractivity contribution < 1.29 is 9.53 Å². The highest BCUT2D eigenvalue weighted by Crippen LogP contribution is 2.22. The van der Waals surface area contributed by atoms with E-state index in [4.69, 9.17) is 4.74 Å². The summed E-state index contributed by atoms with van der Waals surface area (Å²) in [7, 11) is 0. The predicted molar refractivity (Wildman–Crippen MR) is 110 cm³/mol. The van der Waals surface area contributed by atoms with E-state index < -0.39 is 0 Å². The van der Waals surface area contributed by atoms with Gasteiger partial charge in [0.05, 0.1) is 6.04 Å². The highest BCUT2D eigenvalue weighted by Gasteiger charge is 2.22. The Labute approximate surface area is 166 Å². The molecule has 7 heteroatoms. The van der Waals surface area contributed by atoms with E-state index in [1.54, 1.807) is 0 Å². The molecule has 1 saturated heterocycles. The molecule has 1 heterocycles. The van der Waals surface area contributed by atoms with E-state index in [1.165, 1.54) is 0 Å². The van der Waals surface area contributed by atoms with Crippen molar-refractivity contribution in [2.45, 2.75) is 13.0 Å². The second-order valence-corrected chi connectivity index (χ2v) is 5.89. The van der Waals surface area contributed by atoms with Crippen molar-refractivity contribution in [2.75, 3.05) is 31.5 Å². The largest absolute Gasteiger partial charge is 0.457 e. The Morgan fingerprint density at radius 3 is 2.19 bits per heavy atom. The van der Waals surface area contributed by atoms with Gasteiger partial charge in [0, 0.05) is 31.9 Å². The van der Waals surface area contributed by atoms with Gasteiger partial charge in [-0.15, -0.1) is 24.8 Å². The lowest BCUT2D eigenvalue weighted by atomic mass is 10.2. The number of piperazine rings is 1. The van der Waals surface area contributed by atoms with Crippen LogP contribution in [-0.4, -0.2) is 43.0 Å². The van der Waals surface area contributed by atoms with Gasteiger partial charge in [-0.25, -0.2) is 0 Å². The third-order valence-corrected chi connectivity index (χ3v) is 4.18. The molecule has 0 bridgehead atoms. The summed E-state index contributed by atoms with van der Waals surface area (Å²) in [5.41, 5.74) is 0.780. The van der Waals surface area contributed by atoms with Crippen LogP contribution in [0, 0.1) is 0 Å². The minimum Gasteiger partial charge on any atom is -0.457 e. The Morgan fingerprint density at radius 1 is 1.00 bits per heavy atom. The Kier molecular flexibility index (Phi) is 9.44. The van der Waals surface area contributed by atoms with Crippen molar-refractivity contribution in [3.8, 4) is 11.5 Å². The summed E-state index contributed by atoms with van der Waals surface area (Å²) in [5.74, 6) is 1.56. The first-order valence-electron chi connectivity index (χ1n) is 8.31. The lowest BCUT2D eigenvalue weighted by molar-refractivity contribution is -0.120. The molecule has 2 N–H and O–H groups in total. The molecule has 1 amide bonds. The van der Waals surface area contributed by atoms with Crippen LogP contribution in [0.15, 0.2) is 54.6 Å². The Balaban J connectivity index is 0.00000169. The smallest absolute Gasteiger partial charge is 0.241 e. The minimum absolute atomic E-state index is 0. The van der Waals surface area contributed by atoms with Crippen LogP contribution >= 0.6 is 24.8 Å². The third-order valence-electron chi connectivity index (χ3n) is 4.18. The van der Waals surface area contributed by atoms with Crippen LogP contribution in [0.25, 0.3) is 0 Å². The molecule has 142 valence electrons. The van der Waals surface area contributed by atoms with Crippen LogP contribution in [-0.2, 0) is 4.79 Å². The normalized spacial score (nSPS) is 15.1. The molecule has 1 unspecified atom stereocenters. The summed E-state index contributed by atoms with van der Waals surface area (Å²) in [4.78, 5) is 14.6. The van der Waals surface area contributed by atoms with Gasteiger partial charge >= 0.3 is 0 Å². The molecule has 0 aromatic heterocycles. The molecule has 2 aromatic rings. The van der Waals surface area contributed by atoms with Crippen LogP contribution in [0.1, 0.15) is 6.92 Å². The summed E-state index contributed by atoms with van der Waals surface area (Å²) in [6.45, 7) is 5.62. The van der Waals surface area contributed by atoms with Gasteiger partial charge in [0.2, 0.25) is 5.91 Å². The Bertz CT molecular complexity index is 662. The molecule has 1 aliphatic heterocycles. The second-order valence-electron chi connectivity index (χ2n) is 5.89. The van der Waals surface area contributed by atoms with Gasteiger partial charge in [-0.3, -0.25) is 9.69 Å². The zero-order valence-electron chi connectivity index (χ0n) is 14.7. The first-order valence-corrected chi connectivity index (χ1v) is 8.31. The topological polar surface area (TPSA) is 53.6 Å². The van der Waals surface area contributed by atoms with Crippen LogP contribution < -0.4 is 15.4 Å². The number of carbonyl (C=O) groups is 1. The van der Waals surface area contributed by atoms with Gasteiger partial charge in [-0.05, 0) is 43.3 Å². The maximum atomic E-state index is 12.4. The van der Waals surface area contributed by atoms with Crippen molar-refractivity contribution in [3.63, 3.8) is 0 Å². The van der Waals surface area contributed by atoms with E-state index >= 15 is 0 Å². The first-order chi connectivity index (χ1) is 11.7. The van der Waals surface area contributed by atoms with E-state index in [2.05, 4.69) is 15.5 Å². The zero-order valence-corrected chi connectivity index (χ0v) is 16.3. The first kappa shape index (κ1) is 22.3. The van der Waals surface area contributed by atoms with Crippen LogP contribution in [0.5, 0.6) is 11.5 Å². The van der Waals surface area contributed by atoms with E-state index in [1.807, 2.05) is 61.5 Å². The number of ether oxygens (including phenoxy) is 1. The lowest BCUT2D eigenvalue weighted by Gasteiger charge is -2.31. The number of nitrogens with one attached hydrogen (secondary N) is 2. The van der Waals surface area contributed by atoms with Gasteiger partial charge in [0.15, 0.2) is 0 Å². The Hall–Kier alpha value is -1.79. The van der Waals surface area contributed by atoms with E-state index in [9.17, 15) is 4.79 Å². The Morgan fingerprint density at radius 2 is 1.58 bits per heavy atom. The fourth-order valence-electron chi connectivity index (χ4n) is 2.71. The van der Waals surface area contributed by atoms with Crippen molar-refractivity contribution in [2.24, 2.45) is 0 Å². The summed E-state index contributed by atoms with van der Waals surface area (Å²) in [6.07, 6.45) is 0. The van der Waals surface area contributed by atoms with Crippen molar-refractivity contribution >= 4 is 36.4 Å². The quantitative estimate of drug-likeness (QED) is 0.809. The molecule has 26 heavy (non-hydrogen) atoms. The molecule has 2 aromatic carbocycles. The predicted octanol–water partition coefficient (Wildman–Crippen LogP) is 3.55. The van der Waals surface area contributed by atoms with Gasteiger partial charge in [-0.2, -0.15) is 0 Å². The summed E-state index contributed by atoms with van der Waals surface area (Å²) < 4.78 is 5.75.